The van der Waals surface area contributed by atoms with E-state index in [0.717, 1.165) is 0 Å². The third kappa shape index (κ3) is 4.09. The summed E-state index contributed by atoms with van der Waals surface area (Å²) in [5.41, 5.74) is 0.504. The Balaban J connectivity index is 2.08. The molecule has 1 aromatic carbocycles. The molecular formula is C16H18N2O5. The third-order valence-electron chi connectivity index (χ3n) is 3.12. The van der Waals surface area contributed by atoms with Crippen molar-refractivity contribution >= 4 is 17.5 Å². The van der Waals surface area contributed by atoms with Gasteiger partial charge in [-0.2, -0.15) is 0 Å². The molecule has 0 aliphatic heterocycles. The van der Waals surface area contributed by atoms with E-state index in [2.05, 4.69) is 10.5 Å². The smallest absolute Gasteiger partial charge is 0.266 e. The number of aryl methyl sites for hydroxylation is 1. The Bertz CT molecular complexity index is 723. The van der Waals surface area contributed by atoms with Crippen molar-refractivity contribution < 1.29 is 23.6 Å². The fourth-order valence-corrected chi connectivity index (χ4v) is 1.88. The van der Waals surface area contributed by atoms with Gasteiger partial charge in [-0.05, 0) is 39.0 Å². The van der Waals surface area contributed by atoms with E-state index >= 15 is 0 Å². The van der Waals surface area contributed by atoms with Crippen LogP contribution in [-0.2, 0) is 4.79 Å². The summed E-state index contributed by atoms with van der Waals surface area (Å²) >= 11 is 0. The normalized spacial score (nSPS) is 11.7. The first kappa shape index (κ1) is 16.5. The van der Waals surface area contributed by atoms with Crippen LogP contribution in [-0.4, -0.2) is 30.1 Å². The van der Waals surface area contributed by atoms with Crippen molar-refractivity contribution in [3.63, 3.8) is 0 Å². The van der Waals surface area contributed by atoms with E-state index < -0.39 is 6.10 Å². The quantitative estimate of drug-likeness (QED) is 0.823. The van der Waals surface area contributed by atoms with Crippen molar-refractivity contribution in [2.75, 3.05) is 12.4 Å². The van der Waals surface area contributed by atoms with Crippen molar-refractivity contribution in [3.8, 4) is 11.5 Å². The largest absolute Gasteiger partial charge is 0.493 e. The molecule has 0 bridgehead atoms. The van der Waals surface area contributed by atoms with E-state index in [-0.39, 0.29) is 11.7 Å². The van der Waals surface area contributed by atoms with Gasteiger partial charge in [0.2, 0.25) is 0 Å². The second-order valence-electron chi connectivity index (χ2n) is 4.99. The molecule has 0 radical (unpaired) electrons. The summed E-state index contributed by atoms with van der Waals surface area (Å²) in [6.07, 6.45) is -0.788. The number of carbonyl (C=O) groups is 2. The highest BCUT2D eigenvalue weighted by atomic mass is 16.5. The molecule has 0 saturated carbocycles. The zero-order valence-corrected chi connectivity index (χ0v) is 13.4. The van der Waals surface area contributed by atoms with Crippen LogP contribution in [0.5, 0.6) is 11.5 Å². The molecule has 7 heteroatoms. The summed E-state index contributed by atoms with van der Waals surface area (Å²) in [6.45, 7) is 4.79. The monoisotopic (exact) mass is 318 g/mol. The number of amides is 1. The van der Waals surface area contributed by atoms with Crippen molar-refractivity contribution in [1.82, 2.24) is 5.16 Å². The summed E-state index contributed by atoms with van der Waals surface area (Å²) in [5, 5.41) is 6.27. The van der Waals surface area contributed by atoms with E-state index in [0.29, 0.717) is 28.6 Å². The first-order chi connectivity index (χ1) is 10.9. The van der Waals surface area contributed by atoms with Gasteiger partial charge in [0.05, 0.1) is 7.11 Å². The molecule has 2 rings (SSSR count). The van der Waals surface area contributed by atoms with Crippen LogP contribution in [0.1, 0.15) is 30.0 Å². The van der Waals surface area contributed by atoms with Crippen LogP contribution < -0.4 is 14.8 Å². The number of hydrogen-bond donors (Lipinski definition) is 1. The number of ketones is 1. The summed E-state index contributed by atoms with van der Waals surface area (Å²) in [7, 11) is 1.47. The predicted octanol–water partition coefficient (Wildman–Crippen LogP) is 2.60. The lowest BCUT2D eigenvalue weighted by molar-refractivity contribution is -0.122. The Kier molecular flexibility index (Phi) is 5.00. The highest BCUT2D eigenvalue weighted by Gasteiger charge is 2.19. The molecule has 0 aliphatic rings. The number of nitrogens with zero attached hydrogens (tertiary/aromatic N) is 1. The van der Waals surface area contributed by atoms with Crippen LogP contribution in [0.2, 0.25) is 0 Å². The predicted molar refractivity (Wildman–Crippen MR) is 83.0 cm³/mol. The fourth-order valence-electron chi connectivity index (χ4n) is 1.88. The molecule has 0 fully saturated rings. The number of benzene rings is 1. The summed E-state index contributed by atoms with van der Waals surface area (Å²) in [5.74, 6) is 1.21. The van der Waals surface area contributed by atoms with Crippen LogP contribution in [0.3, 0.4) is 0 Å². The van der Waals surface area contributed by atoms with Gasteiger partial charge in [-0.1, -0.05) is 5.16 Å². The molecule has 0 spiro atoms. The molecular weight excluding hydrogens is 300 g/mol. The number of nitrogens with one attached hydrogen (secondary N) is 1. The van der Waals surface area contributed by atoms with Gasteiger partial charge in [0.15, 0.2) is 29.2 Å². The van der Waals surface area contributed by atoms with Crippen LogP contribution in [0, 0.1) is 6.92 Å². The SMILES string of the molecule is COc1cc(C(C)=O)ccc1O[C@H](C)C(=O)Nc1cc(C)on1. The van der Waals surface area contributed by atoms with Crippen LogP contribution in [0.15, 0.2) is 28.8 Å². The van der Waals surface area contributed by atoms with Gasteiger partial charge in [0, 0.05) is 11.6 Å². The van der Waals surface area contributed by atoms with Crippen molar-refractivity contribution in [3.05, 3.63) is 35.6 Å². The number of rotatable bonds is 6. The van der Waals surface area contributed by atoms with Gasteiger partial charge < -0.3 is 19.3 Å². The Hall–Kier alpha value is -2.83. The van der Waals surface area contributed by atoms with Gasteiger partial charge in [0.25, 0.3) is 5.91 Å². The molecule has 1 atom stereocenters. The highest BCUT2D eigenvalue weighted by molar-refractivity contribution is 5.95. The number of hydrogen-bond acceptors (Lipinski definition) is 6. The molecule has 122 valence electrons. The molecule has 1 N–H and O–H groups in total. The Morgan fingerprint density at radius 2 is 2.00 bits per heavy atom. The number of aromatic nitrogens is 1. The average Bonchev–Trinajstić information content (AvgIpc) is 2.92. The number of ether oxygens (including phenoxy) is 2. The maximum atomic E-state index is 12.1. The molecule has 0 unspecified atom stereocenters. The minimum Gasteiger partial charge on any atom is -0.493 e. The zero-order valence-electron chi connectivity index (χ0n) is 13.4. The van der Waals surface area contributed by atoms with Gasteiger partial charge in [0.1, 0.15) is 5.76 Å². The maximum absolute atomic E-state index is 12.1. The fraction of sp³-hybridized carbons (Fsp3) is 0.312. The second-order valence-corrected chi connectivity index (χ2v) is 4.99. The lowest BCUT2D eigenvalue weighted by atomic mass is 10.1. The average molecular weight is 318 g/mol. The lowest BCUT2D eigenvalue weighted by Gasteiger charge is -2.16. The van der Waals surface area contributed by atoms with E-state index in [1.807, 2.05) is 0 Å². The number of methoxy groups -OCH3 is 1. The van der Waals surface area contributed by atoms with E-state index in [4.69, 9.17) is 14.0 Å². The molecule has 1 aromatic heterocycles. The molecule has 0 saturated heterocycles. The van der Waals surface area contributed by atoms with E-state index in [1.54, 1.807) is 38.1 Å². The third-order valence-corrected chi connectivity index (χ3v) is 3.12. The van der Waals surface area contributed by atoms with Crippen LogP contribution in [0.25, 0.3) is 0 Å². The van der Waals surface area contributed by atoms with E-state index in [9.17, 15) is 9.59 Å². The van der Waals surface area contributed by atoms with Crippen molar-refractivity contribution in [1.29, 1.82) is 0 Å². The Morgan fingerprint density at radius 3 is 2.57 bits per heavy atom. The molecule has 1 amide bonds. The zero-order chi connectivity index (χ0) is 17.0. The summed E-state index contributed by atoms with van der Waals surface area (Å²) in [6, 6.07) is 6.39. The van der Waals surface area contributed by atoms with Gasteiger partial charge >= 0.3 is 0 Å². The second kappa shape index (κ2) is 6.95. The first-order valence-electron chi connectivity index (χ1n) is 7.00. The van der Waals surface area contributed by atoms with Gasteiger partial charge in [-0.15, -0.1) is 0 Å². The Labute approximate surface area is 133 Å². The lowest BCUT2D eigenvalue weighted by Crippen LogP contribution is -2.30. The topological polar surface area (TPSA) is 90.7 Å². The minimum absolute atomic E-state index is 0.0814. The first-order valence-corrected chi connectivity index (χ1v) is 7.00. The molecule has 2 aromatic rings. The number of Topliss-reactive ketones (excluding diaryl/α,β-unsaturated/α-hetero) is 1. The molecule has 0 aliphatic carbocycles. The van der Waals surface area contributed by atoms with Crippen molar-refractivity contribution in [2.24, 2.45) is 0 Å². The molecule has 7 nitrogen and oxygen atoms in total. The number of anilines is 1. The maximum Gasteiger partial charge on any atom is 0.266 e. The van der Waals surface area contributed by atoms with Gasteiger partial charge in [-0.25, -0.2) is 0 Å². The molecule has 23 heavy (non-hydrogen) atoms. The standard InChI is InChI=1S/C16H18N2O5/c1-9-7-15(18-23-9)17-16(20)11(3)22-13-6-5-12(10(2)19)8-14(13)21-4/h5-8,11H,1-4H3,(H,17,18,20)/t11-/m1/s1. The summed E-state index contributed by atoms with van der Waals surface area (Å²) < 4.78 is 15.7. The summed E-state index contributed by atoms with van der Waals surface area (Å²) in [4.78, 5) is 23.5. The minimum atomic E-state index is -0.788. The van der Waals surface area contributed by atoms with Crippen LogP contribution in [0.4, 0.5) is 5.82 Å². The number of carbonyl (C=O) groups excluding carboxylic acids is 2. The van der Waals surface area contributed by atoms with Crippen LogP contribution >= 0.6 is 0 Å². The van der Waals surface area contributed by atoms with Crippen molar-refractivity contribution in [2.45, 2.75) is 26.9 Å². The van der Waals surface area contributed by atoms with Gasteiger partial charge in [-0.3, -0.25) is 9.59 Å². The molecule has 1 heterocycles. The Morgan fingerprint density at radius 1 is 1.26 bits per heavy atom. The highest BCUT2D eigenvalue weighted by Crippen LogP contribution is 2.29. The van der Waals surface area contributed by atoms with E-state index in [1.165, 1.54) is 14.0 Å².